The Balaban J connectivity index is 1.27. The van der Waals surface area contributed by atoms with Crippen molar-refractivity contribution >= 4 is 11.9 Å². The minimum absolute atomic E-state index is 0.0667. The predicted octanol–water partition coefficient (Wildman–Crippen LogP) is 5.44. The average molecular weight is 861 g/mol. The van der Waals surface area contributed by atoms with Gasteiger partial charge in [-0.05, 0) is 97.5 Å². The molecule has 62 heavy (non-hydrogen) atoms. The topological polar surface area (TPSA) is 187 Å². The molecule has 2 atom stereocenters. The molecule has 0 aliphatic heterocycles. The first-order chi connectivity index (χ1) is 29.7. The van der Waals surface area contributed by atoms with Crippen LogP contribution >= 0.6 is 0 Å². The molecule has 0 amide bonds. The monoisotopic (exact) mass is 860 g/mol. The Morgan fingerprint density at radius 2 is 0.677 bits per heavy atom. The molecule has 15 heteroatoms. The number of hydrogen-bond donors (Lipinski definition) is 3. The van der Waals surface area contributed by atoms with E-state index in [-0.39, 0.29) is 50.8 Å². The van der Waals surface area contributed by atoms with Gasteiger partial charge in [0.1, 0.15) is 58.0 Å². The molecule has 3 N–H and O–H groups in total. The van der Waals surface area contributed by atoms with E-state index in [1.807, 2.05) is 48.5 Å². The van der Waals surface area contributed by atoms with Crippen molar-refractivity contribution in [1.82, 2.24) is 0 Å². The SMILES string of the molecule is C=C(C)C(=O)OCC(O)COc1ccc(Cc2ccc(OCC(O)COc3ccc(Cc4ccc(OCC(O)COC(=O)C(=C)C)c(OC)c4)cc3OC)c(OC)c2)cc1OC. The summed E-state index contributed by atoms with van der Waals surface area (Å²) in [5.74, 6) is 2.48. The Kier molecular flexibility index (Phi) is 18.8. The molecule has 4 rings (SSSR count). The molecular weight excluding hydrogens is 805 g/mol. The fourth-order valence-electron chi connectivity index (χ4n) is 5.71. The molecular formula is C47H56O15. The van der Waals surface area contributed by atoms with Crippen molar-refractivity contribution in [2.24, 2.45) is 0 Å². The van der Waals surface area contributed by atoms with Crippen LogP contribution in [0, 0.1) is 0 Å². The Morgan fingerprint density at radius 3 is 0.903 bits per heavy atom. The summed E-state index contributed by atoms with van der Waals surface area (Å²) < 4.78 is 55.4. The van der Waals surface area contributed by atoms with Crippen molar-refractivity contribution in [1.29, 1.82) is 0 Å². The third-order valence-electron chi connectivity index (χ3n) is 8.96. The molecule has 0 radical (unpaired) electrons. The maximum absolute atomic E-state index is 11.6. The Hall–Kier alpha value is -6.42. The van der Waals surface area contributed by atoms with Gasteiger partial charge in [0.2, 0.25) is 0 Å². The van der Waals surface area contributed by atoms with Crippen molar-refractivity contribution in [2.45, 2.75) is 45.0 Å². The highest BCUT2D eigenvalue weighted by atomic mass is 16.6. The number of methoxy groups -OCH3 is 4. The first-order valence-electron chi connectivity index (χ1n) is 19.6. The molecule has 0 aliphatic carbocycles. The molecule has 334 valence electrons. The molecule has 2 unspecified atom stereocenters. The van der Waals surface area contributed by atoms with E-state index in [1.54, 1.807) is 24.3 Å². The summed E-state index contributed by atoms with van der Waals surface area (Å²) in [6.07, 6.45) is -1.99. The molecule has 0 saturated carbocycles. The van der Waals surface area contributed by atoms with Gasteiger partial charge in [-0.15, -0.1) is 0 Å². The Morgan fingerprint density at radius 1 is 0.435 bits per heavy atom. The van der Waals surface area contributed by atoms with Gasteiger partial charge in [-0.1, -0.05) is 37.4 Å². The van der Waals surface area contributed by atoms with Crippen molar-refractivity contribution < 1.29 is 72.3 Å². The largest absolute Gasteiger partial charge is 0.493 e. The number of aliphatic hydroxyl groups excluding tert-OH is 3. The summed E-state index contributed by atoms with van der Waals surface area (Å²) in [5.41, 5.74) is 4.19. The van der Waals surface area contributed by atoms with E-state index in [9.17, 15) is 24.9 Å². The molecule has 0 heterocycles. The molecule has 15 nitrogen and oxygen atoms in total. The summed E-state index contributed by atoms with van der Waals surface area (Å²) in [6, 6.07) is 21.9. The summed E-state index contributed by atoms with van der Waals surface area (Å²) >= 11 is 0. The van der Waals surface area contributed by atoms with E-state index in [2.05, 4.69) is 13.2 Å². The summed E-state index contributed by atoms with van der Waals surface area (Å²) in [6.45, 7) is 9.27. The van der Waals surface area contributed by atoms with Crippen LogP contribution in [0.4, 0.5) is 0 Å². The third kappa shape index (κ3) is 14.9. The molecule has 4 aromatic rings. The predicted molar refractivity (Wildman–Crippen MR) is 229 cm³/mol. The first kappa shape index (κ1) is 48.2. The number of carbonyl (C=O) groups excluding carboxylic acids is 2. The number of rotatable bonds is 26. The van der Waals surface area contributed by atoms with Crippen LogP contribution in [0.15, 0.2) is 97.1 Å². The minimum Gasteiger partial charge on any atom is -0.493 e. The maximum Gasteiger partial charge on any atom is 0.333 e. The van der Waals surface area contributed by atoms with E-state index >= 15 is 0 Å². The van der Waals surface area contributed by atoms with Crippen LogP contribution < -0.4 is 37.9 Å². The van der Waals surface area contributed by atoms with Crippen LogP contribution in [0.3, 0.4) is 0 Å². The molecule has 0 saturated heterocycles. The normalized spacial score (nSPS) is 12.2. The zero-order chi connectivity index (χ0) is 45.2. The fraction of sp³-hybridized carbons (Fsp3) is 0.362. The standard InChI is InChI=1S/C47H56O15/c1-29(2)46(51)61-27-36(49)25-59-40-15-11-33(21-44(40)55-7)17-31-9-13-38(42(19-31)53-5)57-23-35(48)24-58-39-14-10-32(20-43(39)54-6)18-34-12-16-41(45(22-34)56-8)60-26-37(50)28-62-47(52)30(3)4/h9-16,19-22,35-37,48-50H,1,3,17-18,23-28H2,2,4-8H3. The lowest BCUT2D eigenvalue weighted by molar-refractivity contribution is -0.143. The van der Waals surface area contributed by atoms with Gasteiger partial charge in [-0.25, -0.2) is 9.59 Å². The number of hydrogen-bond acceptors (Lipinski definition) is 15. The van der Waals surface area contributed by atoms with Crippen molar-refractivity contribution in [3.63, 3.8) is 0 Å². The van der Waals surface area contributed by atoms with Crippen molar-refractivity contribution in [3.05, 3.63) is 119 Å². The van der Waals surface area contributed by atoms with Crippen LogP contribution in [0.5, 0.6) is 46.0 Å². The Labute approximate surface area is 361 Å². The number of ether oxygens (including phenoxy) is 10. The fourth-order valence-corrected chi connectivity index (χ4v) is 5.71. The highest BCUT2D eigenvalue weighted by Gasteiger charge is 2.17. The maximum atomic E-state index is 11.6. The second-order valence-electron chi connectivity index (χ2n) is 14.3. The smallest absolute Gasteiger partial charge is 0.333 e. The van der Waals surface area contributed by atoms with E-state index in [0.29, 0.717) is 58.8 Å². The number of carbonyl (C=O) groups is 2. The Bertz CT molecular complexity index is 1980. The van der Waals surface area contributed by atoms with Crippen LogP contribution in [0.2, 0.25) is 0 Å². The summed E-state index contributed by atoms with van der Waals surface area (Å²) in [7, 11) is 6.11. The van der Waals surface area contributed by atoms with Crippen LogP contribution in [-0.4, -0.2) is 114 Å². The van der Waals surface area contributed by atoms with Crippen LogP contribution in [0.1, 0.15) is 36.1 Å². The van der Waals surface area contributed by atoms with Gasteiger partial charge in [0.25, 0.3) is 0 Å². The second kappa shape index (κ2) is 24.1. The van der Waals surface area contributed by atoms with E-state index in [4.69, 9.17) is 47.4 Å². The number of aliphatic hydroxyl groups is 3. The zero-order valence-corrected chi connectivity index (χ0v) is 36.0. The minimum atomic E-state index is -1.03. The van der Waals surface area contributed by atoms with E-state index < -0.39 is 30.3 Å². The summed E-state index contributed by atoms with van der Waals surface area (Å²) in [5, 5.41) is 31.1. The van der Waals surface area contributed by atoms with Gasteiger partial charge in [0.05, 0.1) is 28.4 Å². The first-order valence-corrected chi connectivity index (χ1v) is 19.6. The molecule has 0 aliphatic rings. The zero-order valence-electron chi connectivity index (χ0n) is 36.0. The van der Waals surface area contributed by atoms with Crippen LogP contribution in [-0.2, 0) is 31.9 Å². The molecule has 0 aromatic heterocycles. The number of benzene rings is 4. The van der Waals surface area contributed by atoms with Gasteiger partial charge in [-0.3, -0.25) is 0 Å². The van der Waals surface area contributed by atoms with Gasteiger partial charge >= 0.3 is 11.9 Å². The van der Waals surface area contributed by atoms with Gasteiger partial charge < -0.3 is 62.7 Å². The highest BCUT2D eigenvalue weighted by Crippen LogP contribution is 2.34. The quantitative estimate of drug-likeness (QED) is 0.0535. The molecule has 0 spiro atoms. The second-order valence-corrected chi connectivity index (χ2v) is 14.3. The van der Waals surface area contributed by atoms with E-state index in [0.717, 1.165) is 22.3 Å². The van der Waals surface area contributed by atoms with Crippen molar-refractivity contribution in [3.8, 4) is 46.0 Å². The average Bonchev–Trinajstić information content (AvgIpc) is 3.27. The lowest BCUT2D eigenvalue weighted by Crippen LogP contribution is -2.25. The van der Waals surface area contributed by atoms with Gasteiger partial charge in [0.15, 0.2) is 46.0 Å². The molecule has 4 aromatic carbocycles. The van der Waals surface area contributed by atoms with Crippen LogP contribution in [0.25, 0.3) is 0 Å². The molecule has 0 bridgehead atoms. The summed E-state index contributed by atoms with van der Waals surface area (Å²) in [4.78, 5) is 23.2. The van der Waals surface area contributed by atoms with Gasteiger partial charge in [-0.2, -0.15) is 0 Å². The van der Waals surface area contributed by atoms with E-state index in [1.165, 1.54) is 42.3 Å². The lowest BCUT2D eigenvalue weighted by Gasteiger charge is -2.18. The van der Waals surface area contributed by atoms with Crippen molar-refractivity contribution in [2.75, 3.05) is 68.1 Å². The molecule has 0 fully saturated rings. The number of esters is 2. The third-order valence-corrected chi connectivity index (χ3v) is 8.96. The highest BCUT2D eigenvalue weighted by molar-refractivity contribution is 5.87. The lowest BCUT2D eigenvalue weighted by atomic mass is 10.0. The van der Waals surface area contributed by atoms with Gasteiger partial charge in [0, 0.05) is 11.1 Å².